The van der Waals surface area contributed by atoms with Crippen LogP contribution < -0.4 is 28.3 Å². The van der Waals surface area contributed by atoms with Crippen LogP contribution in [0.2, 0.25) is 0 Å². The third kappa shape index (κ3) is 3.35. The Morgan fingerprint density at radius 3 is 1.97 bits per heavy atom. The largest absolute Gasteiger partial charge is 0.461 e. The zero-order valence-corrected chi connectivity index (χ0v) is 17.0. The minimum Gasteiger partial charge on any atom is -0.461 e. The molecule has 0 radical (unpaired) electrons. The van der Waals surface area contributed by atoms with Crippen molar-refractivity contribution in [3.63, 3.8) is 0 Å². The SMILES string of the molecule is NOCC1OC(Oc2ccc3ccc4cccc5ccc2c3c45)C(ON)C(ON)C1ON. The molecule has 4 aromatic carbocycles. The second-order valence-electron chi connectivity index (χ2n) is 7.72. The summed E-state index contributed by atoms with van der Waals surface area (Å²) >= 11 is 0. The lowest BCUT2D eigenvalue weighted by Crippen LogP contribution is -2.64. The first kappa shape index (κ1) is 21.2. The smallest absolute Gasteiger partial charge is 0.231 e. The first-order chi connectivity index (χ1) is 15.7. The van der Waals surface area contributed by atoms with E-state index >= 15 is 0 Å². The van der Waals surface area contributed by atoms with E-state index < -0.39 is 30.7 Å². The van der Waals surface area contributed by atoms with Crippen LogP contribution in [0.15, 0.2) is 54.6 Å². The van der Waals surface area contributed by atoms with Gasteiger partial charge >= 0.3 is 0 Å². The van der Waals surface area contributed by atoms with Crippen LogP contribution in [-0.2, 0) is 24.1 Å². The average molecular weight is 440 g/mol. The van der Waals surface area contributed by atoms with E-state index in [4.69, 9.17) is 52.4 Å². The molecule has 1 aliphatic heterocycles. The highest BCUT2D eigenvalue weighted by Gasteiger charge is 2.50. The third-order valence-electron chi connectivity index (χ3n) is 6.05. The lowest BCUT2D eigenvalue weighted by molar-refractivity contribution is -0.307. The average Bonchev–Trinajstić information content (AvgIpc) is 2.83. The molecule has 0 aromatic heterocycles. The highest BCUT2D eigenvalue weighted by atomic mass is 16.8. The van der Waals surface area contributed by atoms with E-state index in [2.05, 4.69) is 30.3 Å². The van der Waals surface area contributed by atoms with Crippen molar-refractivity contribution in [2.24, 2.45) is 23.6 Å². The second-order valence-corrected chi connectivity index (χ2v) is 7.72. The van der Waals surface area contributed by atoms with Crippen LogP contribution in [0.1, 0.15) is 0 Å². The summed E-state index contributed by atoms with van der Waals surface area (Å²) in [5, 5.41) is 6.57. The van der Waals surface area contributed by atoms with Crippen LogP contribution in [-0.4, -0.2) is 37.3 Å². The van der Waals surface area contributed by atoms with Gasteiger partial charge in [-0.1, -0.05) is 42.5 Å². The predicted octanol–water partition coefficient (Wildman–Crippen LogP) is 1.35. The summed E-state index contributed by atoms with van der Waals surface area (Å²) in [4.78, 5) is 19.9. The van der Waals surface area contributed by atoms with Crippen LogP contribution >= 0.6 is 0 Å². The Labute approximate surface area is 182 Å². The standard InChI is InChI=1S/C22H24N4O6/c23-27-10-16-19(30-24)20(31-25)21(32-26)22(29-16)28-15-9-7-13-5-4-11-2-1-3-12-6-8-14(15)18(13)17(11)12/h1-9,16,19-22H,10,23-26H2. The number of nitrogens with two attached hydrogens (primary N) is 4. The molecule has 32 heavy (non-hydrogen) atoms. The lowest BCUT2D eigenvalue weighted by Gasteiger charge is -2.42. The summed E-state index contributed by atoms with van der Waals surface area (Å²) in [7, 11) is 0. The maximum atomic E-state index is 6.26. The molecule has 1 aliphatic rings. The topological polar surface area (TPSA) is 159 Å². The van der Waals surface area contributed by atoms with Gasteiger partial charge in [-0.15, -0.1) is 0 Å². The zero-order chi connectivity index (χ0) is 22.2. The Morgan fingerprint density at radius 1 is 0.688 bits per heavy atom. The fourth-order valence-electron chi connectivity index (χ4n) is 4.60. The second kappa shape index (κ2) is 8.71. The molecule has 168 valence electrons. The quantitative estimate of drug-likeness (QED) is 0.244. The molecule has 5 unspecified atom stereocenters. The van der Waals surface area contributed by atoms with Gasteiger partial charge in [0, 0.05) is 10.8 Å². The van der Waals surface area contributed by atoms with Gasteiger partial charge in [-0.3, -0.25) is 14.5 Å². The van der Waals surface area contributed by atoms with Crippen molar-refractivity contribution in [1.29, 1.82) is 0 Å². The van der Waals surface area contributed by atoms with Gasteiger partial charge in [0.05, 0.1) is 6.61 Å². The van der Waals surface area contributed by atoms with Gasteiger partial charge in [0.1, 0.15) is 24.1 Å². The first-order valence-corrected chi connectivity index (χ1v) is 10.1. The molecule has 0 saturated carbocycles. The van der Waals surface area contributed by atoms with Gasteiger partial charge in [0.15, 0.2) is 6.10 Å². The lowest BCUT2D eigenvalue weighted by atomic mass is 9.94. The number of hydrogen-bond acceptors (Lipinski definition) is 10. The Kier molecular flexibility index (Phi) is 5.78. The van der Waals surface area contributed by atoms with Crippen molar-refractivity contribution in [3.8, 4) is 5.75 Å². The summed E-state index contributed by atoms with van der Waals surface area (Å²) in [5.74, 6) is 22.3. The fraction of sp³-hybridized carbons (Fsp3) is 0.273. The molecule has 4 aromatic rings. The molecule has 10 heteroatoms. The molecule has 0 spiro atoms. The third-order valence-corrected chi connectivity index (χ3v) is 6.05. The van der Waals surface area contributed by atoms with Gasteiger partial charge in [-0.2, -0.15) is 0 Å². The summed E-state index contributed by atoms with van der Waals surface area (Å²) in [6, 6.07) is 18.4. The summed E-state index contributed by atoms with van der Waals surface area (Å²) in [6.45, 7) is -0.0443. The maximum absolute atomic E-state index is 6.26. The molecule has 0 bridgehead atoms. The summed E-state index contributed by atoms with van der Waals surface area (Å²) < 4.78 is 12.2. The van der Waals surface area contributed by atoms with Crippen molar-refractivity contribution in [1.82, 2.24) is 0 Å². The van der Waals surface area contributed by atoms with E-state index in [1.165, 1.54) is 5.39 Å². The highest BCUT2D eigenvalue weighted by molar-refractivity contribution is 6.24. The van der Waals surface area contributed by atoms with Gasteiger partial charge in [-0.05, 0) is 33.7 Å². The fourth-order valence-corrected chi connectivity index (χ4v) is 4.60. The van der Waals surface area contributed by atoms with Crippen LogP contribution in [0.25, 0.3) is 32.3 Å². The highest BCUT2D eigenvalue weighted by Crippen LogP contribution is 2.39. The van der Waals surface area contributed by atoms with Crippen molar-refractivity contribution < 1.29 is 28.8 Å². The van der Waals surface area contributed by atoms with Gasteiger partial charge in [0.2, 0.25) is 6.29 Å². The summed E-state index contributed by atoms with van der Waals surface area (Å²) in [6.07, 6.45) is -4.43. The number of ether oxygens (including phenoxy) is 2. The van der Waals surface area contributed by atoms with Crippen LogP contribution in [0.4, 0.5) is 0 Å². The van der Waals surface area contributed by atoms with Gasteiger partial charge < -0.3 is 14.3 Å². The molecule has 1 heterocycles. The molecule has 5 atom stereocenters. The van der Waals surface area contributed by atoms with Gasteiger partial charge in [0.25, 0.3) is 0 Å². The van der Waals surface area contributed by atoms with Crippen molar-refractivity contribution in [3.05, 3.63) is 54.6 Å². The predicted molar refractivity (Wildman–Crippen MR) is 117 cm³/mol. The Balaban J connectivity index is 1.58. The van der Waals surface area contributed by atoms with Crippen molar-refractivity contribution in [2.75, 3.05) is 6.61 Å². The normalized spacial score (nSPS) is 26.3. The molecule has 1 saturated heterocycles. The van der Waals surface area contributed by atoms with E-state index in [1.54, 1.807) is 0 Å². The number of rotatable bonds is 7. The zero-order valence-electron chi connectivity index (χ0n) is 17.0. The van der Waals surface area contributed by atoms with Crippen LogP contribution in [0, 0.1) is 0 Å². The minimum atomic E-state index is -1.00. The van der Waals surface area contributed by atoms with E-state index in [0.717, 1.165) is 26.9 Å². The minimum absolute atomic E-state index is 0.0443. The Hall–Kier alpha value is -2.64. The molecule has 5 rings (SSSR count). The molecule has 1 fully saturated rings. The maximum Gasteiger partial charge on any atom is 0.231 e. The number of benzene rings is 4. The Morgan fingerprint density at radius 2 is 1.31 bits per heavy atom. The van der Waals surface area contributed by atoms with E-state index in [-0.39, 0.29) is 6.61 Å². The van der Waals surface area contributed by atoms with E-state index in [9.17, 15) is 0 Å². The molecule has 0 amide bonds. The Bertz CT molecular complexity index is 1210. The monoisotopic (exact) mass is 440 g/mol. The molecule has 0 aliphatic carbocycles. The molecular formula is C22H24N4O6. The molecule has 10 nitrogen and oxygen atoms in total. The van der Waals surface area contributed by atoms with Crippen LogP contribution in [0.3, 0.4) is 0 Å². The van der Waals surface area contributed by atoms with Gasteiger partial charge in [-0.25, -0.2) is 23.6 Å². The van der Waals surface area contributed by atoms with Crippen LogP contribution in [0.5, 0.6) is 5.75 Å². The first-order valence-electron chi connectivity index (χ1n) is 10.1. The van der Waals surface area contributed by atoms with E-state index in [0.29, 0.717) is 5.75 Å². The van der Waals surface area contributed by atoms with E-state index in [1.807, 2.05) is 24.3 Å². The summed E-state index contributed by atoms with van der Waals surface area (Å²) in [5.41, 5.74) is 0. The van der Waals surface area contributed by atoms with Crippen molar-refractivity contribution in [2.45, 2.75) is 30.7 Å². The van der Waals surface area contributed by atoms with Crippen molar-refractivity contribution >= 4 is 32.3 Å². The molecule has 8 N–H and O–H groups in total. The number of hydrogen-bond donors (Lipinski definition) is 4. The molecular weight excluding hydrogens is 416 g/mol.